The number of nitrogens with one attached hydrogen (secondary N) is 2. The van der Waals surface area contributed by atoms with Gasteiger partial charge < -0.3 is 9.73 Å². The molecule has 2 rings (SSSR count). The fourth-order valence-electron chi connectivity index (χ4n) is 1.95. The third-order valence-corrected chi connectivity index (χ3v) is 4.57. The molecule has 0 aliphatic carbocycles. The van der Waals surface area contributed by atoms with Gasteiger partial charge >= 0.3 is 0 Å². The van der Waals surface area contributed by atoms with Gasteiger partial charge in [0.2, 0.25) is 10.0 Å². The minimum Gasteiger partial charge on any atom is -0.468 e. The summed E-state index contributed by atoms with van der Waals surface area (Å²) in [6, 6.07) is 6.13. The summed E-state index contributed by atoms with van der Waals surface area (Å²) < 4.78 is 46.0. The van der Waals surface area contributed by atoms with Crippen molar-refractivity contribution >= 4 is 10.0 Å². The average Bonchev–Trinajstić information content (AvgIpc) is 2.94. The summed E-state index contributed by atoms with van der Waals surface area (Å²) in [5.41, 5.74) is 0.667. The van der Waals surface area contributed by atoms with E-state index in [2.05, 4.69) is 10.0 Å². The molecule has 0 bridgehead atoms. The molecule has 0 fully saturated rings. The van der Waals surface area contributed by atoms with Gasteiger partial charge in [-0.3, -0.25) is 0 Å². The van der Waals surface area contributed by atoms with Crippen molar-refractivity contribution in [3.63, 3.8) is 0 Å². The molecule has 0 unspecified atom stereocenters. The van der Waals surface area contributed by atoms with E-state index in [1.54, 1.807) is 19.2 Å². The molecule has 0 spiro atoms. The van der Waals surface area contributed by atoms with Crippen molar-refractivity contribution in [2.75, 3.05) is 7.05 Å². The summed E-state index contributed by atoms with van der Waals surface area (Å²) in [6.45, 7) is 1.85. The zero-order valence-corrected chi connectivity index (χ0v) is 12.6. The summed E-state index contributed by atoms with van der Waals surface area (Å²) in [5, 5.41) is 2.87. The summed E-state index contributed by atoms with van der Waals surface area (Å²) in [7, 11) is -2.10. The normalized spacial score (nSPS) is 11.8. The zero-order valence-electron chi connectivity index (χ0n) is 11.8. The highest BCUT2D eigenvalue weighted by Gasteiger charge is 2.20. The fraction of sp³-hybridized carbons (Fsp3) is 0.286. The van der Waals surface area contributed by atoms with Crippen LogP contribution in [0.1, 0.15) is 16.9 Å². The van der Waals surface area contributed by atoms with E-state index in [0.717, 1.165) is 0 Å². The molecule has 0 aliphatic rings. The topological polar surface area (TPSA) is 71.3 Å². The number of rotatable bonds is 6. The van der Waals surface area contributed by atoms with Crippen molar-refractivity contribution in [2.45, 2.75) is 24.9 Å². The second kappa shape index (κ2) is 6.38. The van der Waals surface area contributed by atoms with Crippen molar-refractivity contribution in [3.8, 4) is 0 Å². The molecule has 2 aromatic rings. The monoisotopic (exact) mass is 312 g/mol. The maximum atomic E-state index is 13.9. The van der Waals surface area contributed by atoms with Crippen molar-refractivity contribution in [1.29, 1.82) is 0 Å². The van der Waals surface area contributed by atoms with Crippen LogP contribution in [0.4, 0.5) is 4.39 Å². The van der Waals surface area contributed by atoms with Gasteiger partial charge in [-0.05, 0) is 43.8 Å². The van der Waals surface area contributed by atoms with Crippen LogP contribution in [0.3, 0.4) is 0 Å². The Hall–Kier alpha value is -1.70. The van der Waals surface area contributed by atoms with Crippen LogP contribution in [0.15, 0.2) is 39.8 Å². The highest BCUT2D eigenvalue weighted by Crippen LogP contribution is 2.21. The first kappa shape index (κ1) is 15.7. The predicted molar refractivity (Wildman–Crippen MR) is 76.6 cm³/mol. The van der Waals surface area contributed by atoms with E-state index < -0.39 is 15.8 Å². The zero-order chi connectivity index (χ0) is 15.5. The lowest BCUT2D eigenvalue weighted by Crippen LogP contribution is -2.24. The van der Waals surface area contributed by atoms with E-state index in [9.17, 15) is 12.8 Å². The first-order valence-electron chi connectivity index (χ1n) is 6.39. The predicted octanol–water partition coefficient (Wildman–Crippen LogP) is 1.93. The van der Waals surface area contributed by atoms with Gasteiger partial charge in [0, 0.05) is 12.1 Å². The molecular formula is C14H17FN2O3S. The molecule has 7 heteroatoms. The average molecular weight is 312 g/mol. The number of halogens is 1. The maximum absolute atomic E-state index is 13.9. The Labute approximate surface area is 123 Å². The Morgan fingerprint density at radius 3 is 2.67 bits per heavy atom. The van der Waals surface area contributed by atoms with Gasteiger partial charge in [0.25, 0.3) is 0 Å². The van der Waals surface area contributed by atoms with Gasteiger partial charge in [0.1, 0.15) is 11.6 Å². The van der Waals surface area contributed by atoms with Crippen LogP contribution < -0.4 is 10.0 Å². The summed E-state index contributed by atoms with van der Waals surface area (Å²) in [6.07, 6.45) is 1.46. The molecule has 1 heterocycles. The molecule has 1 aromatic heterocycles. The molecule has 1 aromatic carbocycles. The molecule has 0 saturated heterocycles. The highest BCUT2D eigenvalue weighted by molar-refractivity contribution is 7.89. The van der Waals surface area contributed by atoms with Crippen LogP contribution >= 0.6 is 0 Å². The summed E-state index contributed by atoms with van der Waals surface area (Å²) in [5.74, 6) is -0.0517. The number of furan rings is 1. The van der Waals surface area contributed by atoms with Crippen LogP contribution in [0, 0.1) is 12.7 Å². The van der Waals surface area contributed by atoms with Crippen molar-refractivity contribution in [2.24, 2.45) is 0 Å². The first-order valence-corrected chi connectivity index (χ1v) is 7.88. The number of sulfonamides is 1. The smallest absolute Gasteiger partial charge is 0.241 e. The molecule has 0 atom stereocenters. The maximum Gasteiger partial charge on any atom is 0.241 e. The SMILES string of the molecule is CNCc1cc(F)c(C)c(S(=O)(=O)NCc2ccco2)c1. The third-order valence-electron chi connectivity index (χ3n) is 3.04. The van der Waals surface area contributed by atoms with E-state index in [1.165, 1.54) is 25.3 Å². The first-order chi connectivity index (χ1) is 9.94. The van der Waals surface area contributed by atoms with Gasteiger partial charge in [-0.2, -0.15) is 0 Å². The molecule has 2 N–H and O–H groups in total. The minimum atomic E-state index is -3.81. The van der Waals surface area contributed by atoms with E-state index >= 15 is 0 Å². The molecule has 0 saturated carbocycles. The summed E-state index contributed by atoms with van der Waals surface area (Å²) in [4.78, 5) is -0.0562. The Bertz CT molecular complexity index is 712. The van der Waals surface area contributed by atoms with Gasteiger partial charge in [0.15, 0.2) is 0 Å². The van der Waals surface area contributed by atoms with E-state index in [-0.39, 0.29) is 17.0 Å². The van der Waals surface area contributed by atoms with Crippen LogP contribution in [0.25, 0.3) is 0 Å². The largest absolute Gasteiger partial charge is 0.468 e. The Morgan fingerprint density at radius 2 is 2.05 bits per heavy atom. The number of benzene rings is 1. The second-order valence-corrected chi connectivity index (χ2v) is 6.37. The van der Waals surface area contributed by atoms with E-state index in [4.69, 9.17) is 4.42 Å². The highest BCUT2D eigenvalue weighted by atomic mass is 32.2. The van der Waals surface area contributed by atoms with Crippen molar-refractivity contribution in [3.05, 3.63) is 53.2 Å². The van der Waals surface area contributed by atoms with Crippen molar-refractivity contribution < 1.29 is 17.2 Å². The molecule has 21 heavy (non-hydrogen) atoms. The van der Waals surface area contributed by atoms with Gasteiger partial charge in [-0.25, -0.2) is 17.5 Å². The van der Waals surface area contributed by atoms with Crippen molar-refractivity contribution in [1.82, 2.24) is 10.0 Å². The third kappa shape index (κ3) is 3.69. The summed E-state index contributed by atoms with van der Waals surface area (Å²) >= 11 is 0. The molecule has 114 valence electrons. The van der Waals surface area contributed by atoms with Crippen LogP contribution in [0.2, 0.25) is 0 Å². The minimum absolute atomic E-state index is 0.0205. The van der Waals surface area contributed by atoms with Crippen LogP contribution in [-0.4, -0.2) is 15.5 Å². The number of hydrogen-bond acceptors (Lipinski definition) is 4. The Kier molecular flexibility index (Phi) is 4.76. The Morgan fingerprint density at radius 1 is 1.29 bits per heavy atom. The molecule has 0 radical (unpaired) electrons. The molecular weight excluding hydrogens is 295 g/mol. The molecule has 0 aliphatic heterocycles. The standard InChI is InChI=1S/C14H17FN2O3S/c1-10-13(15)6-11(8-16-2)7-14(10)21(18,19)17-9-12-4-3-5-20-12/h3-7,16-17H,8-9H2,1-2H3. The van der Waals surface area contributed by atoms with Gasteiger partial charge in [0.05, 0.1) is 17.7 Å². The lowest BCUT2D eigenvalue weighted by molar-refractivity contribution is 0.498. The fourth-order valence-corrected chi connectivity index (χ4v) is 3.24. The van der Waals surface area contributed by atoms with E-state index in [0.29, 0.717) is 17.9 Å². The van der Waals surface area contributed by atoms with Gasteiger partial charge in [-0.1, -0.05) is 0 Å². The quantitative estimate of drug-likeness (QED) is 0.855. The molecule has 5 nitrogen and oxygen atoms in total. The Balaban J connectivity index is 2.30. The molecule has 0 amide bonds. The number of hydrogen-bond donors (Lipinski definition) is 2. The lowest BCUT2D eigenvalue weighted by Gasteiger charge is -2.11. The van der Waals surface area contributed by atoms with Crippen LogP contribution in [0.5, 0.6) is 0 Å². The van der Waals surface area contributed by atoms with E-state index in [1.807, 2.05) is 0 Å². The van der Waals surface area contributed by atoms with Gasteiger partial charge in [-0.15, -0.1) is 0 Å². The van der Waals surface area contributed by atoms with Crippen LogP contribution in [-0.2, 0) is 23.1 Å². The lowest BCUT2D eigenvalue weighted by atomic mass is 10.1. The second-order valence-electron chi connectivity index (χ2n) is 4.64.